The Hall–Kier alpha value is -1.35. The van der Waals surface area contributed by atoms with E-state index in [-0.39, 0.29) is 17.9 Å². The van der Waals surface area contributed by atoms with Crippen molar-refractivity contribution in [3.63, 3.8) is 0 Å². The summed E-state index contributed by atoms with van der Waals surface area (Å²) in [6, 6.07) is 10.2. The zero-order valence-electron chi connectivity index (χ0n) is 11.2. The van der Waals surface area contributed by atoms with Crippen LogP contribution in [0.15, 0.2) is 30.3 Å². The second kappa shape index (κ2) is 5.53. The molecule has 18 heavy (non-hydrogen) atoms. The fourth-order valence-corrected chi connectivity index (χ4v) is 2.77. The van der Waals surface area contributed by atoms with E-state index >= 15 is 0 Å². The van der Waals surface area contributed by atoms with E-state index in [1.807, 2.05) is 42.2 Å². The van der Waals surface area contributed by atoms with Crippen molar-refractivity contribution in [2.24, 2.45) is 11.7 Å². The van der Waals surface area contributed by atoms with E-state index in [1.54, 1.807) is 0 Å². The molecule has 0 aliphatic carbocycles. The number of likely N-dealkylation sites (tertiary alicyclic amines) is 1. The lowest BCUT2D eigenvalue weighted by molar-refractivity contribution is -0.133. The molecule has 1 aromatic rings. The lowest BCUT2D eigenvalue weighted by Crippen LogP contribution is -2.43. The number of hydrogen-bond acceptors (Lipinski definition) is 2. The number of nitrogens with zero attached hydrogens (tertiary/aromatic N) is 1. The first-order chi connectivity index (χ1) is 8.65. The summed E-state index contributed by atoms with van der Waals surface area (Å²) in [5, 5.41) is 0. The van der Waals surface area contributed by atoms with Gasteiger partial charge in [0.2, 0.25) is 5.91 Å². The van der Waals surface area contributed by atoms with Crippen molar-refractivity contribution < 1.29 is 4.79 Å². The Bertz CT molecular complexity index is 404. The standard InChI is InChI=1S/C15H22N2O/c1-11-8-9-17(14(11)10-16)15(18)12(2)13-6-4-3-5-7-13/h3-7,11-12,14H,8-10,16H2,1-2H3. The number of carbonyl (C=O) groups is 1. The Labute approximate surface area is 109 Å². The minimum absolute atomic E-state index is 0.0782. The molecule has 3 heteroatoms. The van der Waals surface area contributed by atoms with Gasteiger partial charge in [0, 0.05) is 19.1 Å². The van der Waals surface area contributed by atoms with Gasteiger partial charge in [0.05, 0.1) is 5.92 Å². The summed E-state index contributed by atoms with van der Waals surface area (Å²) in [6.45, 7) is 5.57. The Morgan fingerprint density at radius 1 is 1.44 bits per heavy atom. The van der Waals surface area contributed by atoms with E-state index in [0.717, 1.165) is 18.5 Å². The van der Waals surface area contributed by atoms with E-state index in [4.69, 9.17) is 5.73 Å². The van der Waals surface area contributed by atoms with Crippen LogP contribution < -0.4 is 5.73 Å². The summed E-state index contributed by atoms with van der Waals surface area (Å²) in [4.78, 5) is 14.5. The van der Waals surface area contributed by atoms with Crippen molar-refractivity contribution in [2.75, 3.05) is 13.1 Å². The molecule has 2 N–H and O–H groups in total. The molecule has 1 aliphatic rings. The molecule has 3 nitrogen and oxygen atoms in total. The fourth-order valence-electron chi connectivity index (χ4n) is 2.77. The molecule has 2 rings (SSSR count). The third-order valence-corrected chi connectivity index (χ3v) is 4.08. The average Bonchev–Trinajstić information content (AvgIpc) is 2.79. The number of hydrogen-bond donors (Lipinski definition) is 1. The van der Waals surface area contributed by atoms with E-state index < -0.39 is 0 Å². The monoisotopic (exact) mass is 246 g/mol. The van der Waals surface area contributed by atoms with Gasteiger partial charge in [-0.25, -0.2) is 0 Å². The van der Waals surface area contributed by atoms with E-state index in [1.165, 1.54) is 0 Å². The Morgan fingerprint density at radius 2 is 2.11 bits per heavy atom. The first-order valence-electron chi connectivity index (χ1n) is 6.70. The maximum Gasteiger partial charge on any atom is 0.230 e. The quantitative estimate of drug-likeness (QED) is 0.886. The summed E-state index contributed by atoms with van der Waals surface area (Å²) in [6.07, 6.45) is 1.06. The summed E-state index contributed by atoms with van der Waals surface area (Å²) in [5.41, 5.74) is 6.88. The number of amides is 1. The maximum absolute atomic E-state index is 12.5. The van der Waals surface area contributed by atoms with Crippen LogP contribution in [0.4, 0.5) is 0 Å². The Kier molecular flexibility index (Phi) is 4.02. The maximum atomic E-state index is 12.5. The predicted octanol–water partition coefficient (Wildman–Crippen LogP) is 1.99. The lowest BCUT2D eigenvalue weighted by Gasteiger charge is -2.28. The van der Waals surface area contributed by atoms with Crippen molar-refractivity contribution in [3.8, 4) is 0 Å². The van der Waals surface area contributed by atoms with E-state index in [9.17, 15) is 4.79 Å². The largest absolute Gasteiger partial charge is 0.338 e. The topological polar surface area (TPSA) is 46.3 Å². The van der Waals surface area contributed by atoms with Crippen LogP contribution in [0.5, 0.6) is 0 Å². The van der Waals surface area contributed by atoms with Gasteiger partial charge in [0.1, 0.15) is 0 Å². The molecule has 0 aromatic heterocycles. The molecule has 1 aliphatic heterocycles. The second-order valence-electron chi connectivity index (χ2n) is 5.23. The van der Waals surface area contributed by atoms with Gasteiger partial charge in [-0.2, -0.15) is 0 Å². The van der Waals surface area contributed by atoms with Crippen LogP contribution in [0.25, 0.3) is 0 Å². The molecule has 1 aromatic carbocycles. The first kappa shape index (κ1) is 13.1. The molecule has 1 heterocycles. The Balaban J connectivity index is 2.12. The summed E-state index contributed by atoms with van der Waals surface area (Å²) < 4.78 is 0. The molecule has 0 radical (unpaired) electrons. The zero-order chi connectivity index (χ0) is 13.1. The van der Waals surface area contributed by atoms with Crippen molar-refractivity contribution in [1.82, 2.24) is 4.90 Å². The molecule has 0 saturated carbocycles. The SMILES string of the molecule is CC(C(=O)N1CCC(C)C1CN)c1ccccc1. The van der Waals surface area contributed by atoms with Crippen molar-refractivity contribution in [1.29, 1.82) is 0 Å². The first-order valence-corrected chi connectivity index (χ1v) is 6.70. The predicted molar refractivity (Wildman–Crippen MR) is 73.2 cm³/mol. The molecular formula is C15H22N2O. The van der Waals surface area contributed by atoms with Gasteiger partial charge in [-0.15, -0.1) is 0 Å². The highest BCUT2D eigenvalue weighted by atomic mass is 16.2. The fraction of sp³-hybridized carbons (Fsp3) is 0.533. The number of carbonyl (C=O) groups excluding carboxylic acids is 1. The van der Waals surface area contributed by atoms with Gasteiger partial charge in [-0.1, -0.05) is 37.3 Å². The van der Waals surface area contributed by atoms with Crippen molar-refractivity contribution in [2.45, 2.75) is 32.2 Å². The molecule has 3 unspecified atom stereocenters. The molecule has 0 bridgehead atoms. The Morgan fingerprint density at radius 3 is 2.72 bits per heavy atom. The third kappa shape index (κ3) is 2.41. The lowest BCUT2D eigenvalue weighted by atomic mass is 9.98. The molecule has 1 amide bonds. The highest BCUT2D eigenvalue weighted by Crippen LogP contribution is 2.27. The van der Waals surface area contributed by atoms with E-state index in [0.29, 0.717) is 12.5 Å². The summed E-state index contributed by atoms with van der Waals surface area (Å²) >= 11 is 0. The van der Waals surface area contributed by atoms with Gasteiger partial charge < -0.3 is 10.6 Å². The van der Waals surface area contributed by atoms with Crippen LogP contribution in [0, 0.1) is 5.92 Å². The second-order valence-corrected chi connectivity index (χ2v) is 5.23. The van der Waals surface area contributed by atoms with E-state index in [2.05, 4.69) is 6.92 Å². The molecule has 1 fully saturated rings. The van der Waals surface area contributed by atoms with Crippen LogP contribution in [0.3, 0.4) is 0 Å². The molecule has 1 saturated heterocycles. The number of benzene rings is 1. The highest BCUT2D eigenvalue weighted by Gasteiger charge is 2.35. The summed E-state index contributed by atoms with van der Waals surface area (Å²) in [7, 11) is 0. The van der Waals surface area contributed by atoms with Gasteiger partial charge in [0.25, 0.3) is 0 Å². The van der Waals surface area contributed by atoms with Crippen molar-refractivity contribution in [3.05, 3.63) is 35.9 Å². The minimum atomic E-state index is -0.0782. The van der Waals surface area contributed by atoms with Gasteiger partial charge >= 0.3 is 0 Å². The number of rotatable bonds is 3. The van der Waals surface area contributed by atoms with Gasteiger partial charge in [-0.05, 0) is 24.8 Å². The van der Waals surface area contributed by atoms with Crippen LogP contribution in [0.2, 0.25) is 0 Å². The van der Waals surface area contributed by atoms with Gasteiger partial charge in [0.15, 0.2) is 0 Å². The third-order valence-electron chi connectivity index (χ3n) is 4.08. The van der Waals surface area contributed by atoms with Gasteiger partial charge in [-0.3, -0.25) is 4.79 Å². The average molecular weight is 246 g/mol. The van der Waals surface area contributed by atoms with Crippen LogP contribution in [-0.4, -0.2) is 29.9 Å². The molecule has 98 valence electrons. The normalized spacial score (nSPS) is 25.2. The smallest absolute Gasteiger partial charge is 0.230 e. The molecule has 3 atom stereocenters. The van der Waals surface area contributed by atoms with Crippen LogP contribution >= 0.6 is 0 Å². The van der Waals surface area contributed by atoms with Crippen molar-refractivity contribution >= 4 is 5.91 Å². The number of nitrogens with two attached hydrogens (primary N) is 1. The zero-order valence-corrected chi connectivity index (χ0v) is 11.2. The molecule has 0 spiro atoms. The van der Waals surface area contributed by atoms with Crippen LogP contribution in [0.1, 0.15) is 31.7 Å². The minimum Gasteiger partial charge on any atom is -0.338 e. The van der Waals surface area contributed by atoms with Crippen LogP contribution in [-0.2, 0) is 4.79 Å². The summed E-state index contributed by atoms with van der Waals surface area (Å²) in [5.74, 6) is 0.647. The highest BCUT2D eigenvalue weighted by molar-refractivity contribution is 5.84. The molecular weight excluding hydrogens is 224 g/mol.